The first-order valence-electron chi connectivity index (χ1n) is 9.19. The smallest absolute Gasteiger partial charge is 0.341 e. The van der Waals surface area contributed by atoms with Gasteiger partial charge in [0.25, 0.3) is 5.91 Å². The first kappa shape index (κ1) is 18.9. The van der Waals surface area contributed by atoms with Gasteiger partial charge in [-0.05, 0) is 50.3 Å². The molecule has 0 unspecified atom stereocenters. The van der Waals surface area contributed by atoms with Gasteiger partial charge in [-0.1, -0.05) is 6.42 Å². The molecule has 1 aliphatic carbocycles. The first-order valence-corrected chi connectivity index (χ1v) is 10.8. The van der Waals surface area contributed by atoms with Crippen molar-refractivity contribution in [2.45, 2.75) is 39.0 Å². The fourth-order valence-electron chi connectivity index (χ4n) is 3.57. The number of fused-ring (bicyclic) bond motifs is 2. The summed E-state index contributed by atoms with van der Waals surface area (Å²) in [6.07, 6.45) is 5.04. The third-order valence-corrected chi connectivity index (χ3v) is 7.30. The lowest BCUT2D eigenvalue weighted by Crippen LogP contribution is -2.14. The van der Waals surface area contributed by atoms with E-state index in [0.717, 1.165) is 58.5 Å². The van der Waals surface area contributed by atoms with E-state index in [1.54, 1.807) is 0 Å². The van der Waals surface area contributed by atoms with Gasteiger partial charge in [0, 0.05) is 16.0 Å². The minimum absolute atomic E-state index is 0.320. The Morgan fingerprint density at radius 3 is 2.75 bits per heavy atom. The molecule has 0 aromatic carbocycles. The number of carbonyl (C=O) groups is 2. The molecule has 4 rings (SSSR count). The van der Waals surface area contributed by atoms with E-state index in [2.05, 4.69) is 10.3 Å². The molecule has 3 heterocycles. The zero-order valence-electron chi connectivity index (χ0n) is 15.8. The Kier molecular flexibility index (Phi) is 5.07. The largest absolute Gasteiger partial charge is 0.465 e. The van der Waals surface area contributed by atoms with Crippen molar-refractivity contribution in [3.05, 3.63) is 38.7 Å². The Morgan fingerprint density at radius 1 is 1.18 bits per heavy atom. The molecule has 6 nitrogen and oxygen atoms in total. The van der Waals surface area contributed by atoms with Crippen LogP contribution in [-0.2, 0) is 17.6 Å². The van der Waals surface area contributed by atoms with Crippen LogP contribution in [0.25, 0.3) is 10.2 Å². The number of methoxy groups -OCH3 is 1. The summed E-state index contributed by atoms with van der Waals surface area (Å²) in [4.78, 5) is 32.2. The molecule has 0 atom stereocenters. The summed E-state index contributed by atoms with van der Waals surface area (Å²) in [5, 5.41) is 4.24. The molecular weight excluding hydrogens is 394 g/mol. The summed E-state index contributed by atoms with van der Waals surface area (Å²) in [6, 6.07) is 3.76. The van der Waals surface area contributed by atoms with E-state index in [0.29, 0.717) is 21.1 Å². The summed E-state index contributed by atoms with van der Waals surface area (Å²) in [7, 11) is 1.37. The average Bonchev–Trinajstić information content (AvgIpc) is 3.08. The van der Waals surface area contributed by atoms with Crippen LogP contribution in [0.5, 0.6) is 0 Å². The van der Waals surface area contributed by atoms with Crippen molar-refractivity contribution in [1.29, 1.82) is 0 Å². The summed E-state index contributed by atoms with van der Waals surface area (Å²) in [5.41, 5.74) is 9.01. The van der Waals surface area contributed by atoms with Crippen molar-refractivity contribution in [2.75, 3.05) is 18.2 Å². The van der Waals surface area contributed by atoms with Gasteiger partial charge in [0.2, 0.25) is 0 Å². The van der Waals surface area contributed by atoms with Gasteiger partial charge in [0.15, 0.2) is 0 Å². The lowest BCUT2D eigenvalue weighted by atomic mass is 10.1. The zero-order chi connectivity index (χ0) is 19.8. The van der Waals surface area contributed by atoms with Crippen molar-refractivity contribution >= 4 is 55.5 Å². The van der Waals surface area contributed by atoms with Crippen LogP contribution in [0.1, 0.15) is 55.4 Å². The molecule has 3 N–H and O–H groups in total. The van der Waals surface area contributed by atoms with Gasteiger partial charge in [-0.3, -0.25) is 4.79 Å². The fraction of sp³-hybridized carbons (Fsp3) is 0.350. The van der Waals surface area contributed by atoms with Crippen LogP contribution in [0.15, 0.2) is 12.1 Å². The molecule has 1 aliphatic rings. The predicted molar refractivity (Wildman–Crippen MR) is 114 cm³/mol. The van der Waals surface area contributed by atoms with Crippen molar-refractivity contribution < 1.29 is 14.3 Å². The highest BCUT2D eigenvalue weighted by molar-refractivity contribution is 7.21. The number of aromatic nitrogens is 1. The van der Waals surface area contributed by atoms with Crippen molar-refractivity contribution in [2.24, 2.45) is 0 Å². The molecule has 8 heteroatoms. The van der Waals surface area contributed by atoms with Crippen LogP contribution in [-0.4, -0.2) is 24.0 Å². The second kappa shape index (κ2) is 7.52. The summed E-state index contributed by atoms with van der Waals surface area (Å²) < 4.78 is 5.00. The number of ether oxygens (including phenoxy) is 1. The molecule has 28 heavy (non-hydrogen) atoms. The number of anilines is 2. The monoisotopic (exact) mass is 415 g/mol. The average molecular weight is 416 g/mol. The molecule has 0 radical (unpaired) electrons. The fourth-order valence-corrected chi connectivity index (χ4v) is 5.87. The number of nitrogens with two attached hydrogens (primary N) is 1. The van der Waals surface area contributed by atoms with Crippen LogP contribution in [0.2, 0.25) is 0 Å². The van der Waals surface area contributed by atoms with Gasteiger partial charge in [-0.15, -0.1) is 22.7 Å². The van der Waals surface area contributed by atoms with E-state index < -0.39 is 5.97 Å². The maximum atomic E-state index is 13.0. The molecule has 146 valence electrons. The van der Waals surface area contributed by atoms with E-state index in [1.165, 1.54) is 29.8 Å². The highest BCUT2D eigenvalue weighted by atomic mass is 32.1. The van der Waals surface area contributed by atoms with E-state index in [1.807, 2.05) is 19.1 Å². The molecule has 3 aromatic heterocycles. The molecule has 1 amide bonds. The maximum absolute atomic E-state index is 13.0. The summed E-state index contributed by atoms with van der Waals surface area (Å²) in [6.45, 7) is 1.90. The molecule has 0 aliphatic heterocycles. The van der Waals surface area contributed by atoms with Crippen LogP contribution in [0, 0.1) is 6.92 Å². The Labute approximate surface area is 170 Å². The highest BCUT2D eigenvalue weighted by Crippen LogP contribution is 2.39. The molecular formula is C20H21N3O3S2. The lowest BCUT2D eigenvalue weighted by Gasteiger charge is -2.07. The molecule has 0 saturated heterocycles. The van der Waals surface area contributed by atoms with E-state index >= 15 is 0 Å². The minimum Gasteiger partial charge on any atom is -0.465 e. The third-order valence-electron chi connectivity index (χ3n) is 4.98. The number of nitrogens with one attached hydrogen (secondary N) is 1. The van der Waals surface area contributed by atoms with Crippen molar-refractivity contribution in [3.8, 4) is 0 Å². The Morgan fingerprint density at radius 2 is 1.96 bits per heavy atom. The lowest BCUT2D eigenvalue weighted by molar-refractivity contribution is 0.0601. The SMILES string of the molecule is COC(=O)c1c(NC(=O)c2sc3nc(C)ccc3c2N)sc2c1CCCCC2. The van der Waals surface area contributed by atoms with E-state index in [-0.39, 0.29) is 5.91 Å². The Bertz CT molecular complexity index is 1080. The standard InChI is InChI=1S/C20H21N3O3S2/c1-10-8-9-12-15(21)16(28-18(12)22-10)17(24)23-19-14(20(25)26-2)11-6-4-3-5-7-13(11)27-19/h8-9H,3-7,21H2,1-2H3,(H,23,24). The van der Waals surface area contributed by atoms with Crippen LogP contribution < -0.4 is 11.1 Å². The summed E-state index contributed by atoms with van der Waals surface area (Å²) >= 11 is 2.74. The number of nitrogen functional groups attached to an aromatic ring is 1. The Balaban J connectivity index is 1.72. The number of carbonyl (C=O) groups excluding carboxylic acids is 2. The normalized spacial score (nSPS) is 13.8. The quantitative estimate of drug-likeness (QED) is 0.483. The van der Waals surface area contributed by atoms with Crippen LogP contribution in [0.4, 0.5) is 10.7 Å². The van der Waals surface area contributed by atoms with E-state index in [9.17, 15) is 9.59 Å². The van der Waals surface area contributed by atoms with E-state index in [4.69, 9.17) is 10.5 Å². The second-order valence-corrected chi connectivity index (χ2v) is 8.97. The van der Waals surface area contributed by atoms with Crippen LogP contribution >= 0.6 is 22.7 Å². The molecule has 0 spiro atoms. The van der Waals surface area contributed by atoms with Crippen molar-refractivity contribution in [1.82, 2.24) is 4.98 Å². The zero-order valence-corrected chi connectivity index (χ0v) is 17.4. The number of thiophene rings is 2. The molecule has 0 bridgehead atoms. The number of hydrogen-bond donors (Lipinski definition) is 2. The van der Waals surface area contributed by atoms with Gasteiger partial charge in [-0.2, -0.15) is 0 Å². The van der Waals surface area contributed by atoms with Gasteiger partial charge in [0.05, 0.1) is 18.4 Å². The Hall–Kier alpha value is -2.45. The number of amides is 1. The first-order chi connectivity index (χ1) is 13.5. The maximum Gasteiger partial charge on any atom is 0.341 e. The van der Waals surface area contributed by atoms with Gasteiger partial charge in [-0.25, -0.2) is 9.78 Å². The van der Waals surface area contributed by atoms with Gasteiger partial charge < -0.3 is 15.8 Å². The predicted octanol–water partition coefficient (Wildman–Crippen LogP) is 4.56. The number of rotatable bonds is 3. The van der Waals surface area contributed by atoms with Crippen LogP contribution in [0.3, 0.4) is 0 Å². The van der Waals surface area contributed by atoms with Gasteiger partial charge >= 0.3 is 5.97 Å². The highest BCUT2D eigenvalue weighted by Gasteiger charge is 2.27. The van der Waals surface area contributed by atoms with Crippen molar-refractivity contribution in [3.63, 3.8) is 0 Å². The molecule has 3 aromatic rings. The number of pyridine rings is 1. The number of nitrogens with zero attached hydrogens (tertiary/aromatic N) is 1. The number of aryl methyl sites for hydroxylation is 2. The summed E-state index contributed by atoms with van der Waals surface area (Å²) in [5.74, 6) is -0.726. The number of hydrogen-bond acceptors (Lipinski definition) is 7. The topological polar surface area (TPSA) is 94.3 Å². The minimum atomic E-state index is -0.406. The molecule has 0 fully saturated rings. The number of esters is 1. The third kappa shape index (κ3) is 3.27. The second-order valence-electron chi connectivity index (χ2n) is 6.86. The molecule has 0 saturated carbocycles. The van der Waals surface area contributed by atoms with Gasteiger partial charge in [0.1, 0.15) is 14.7 Å².